The van der Waals surface area contributed by atoms with Crippen molar-refractivity contribution in [2.75, 3.05) is 6.61 Å². The molecule has 0 aliphatic carbocycles. The highest BCUT2D eigenvalue weighted by Gasteiger charge is 2.33. The lowest BCUT2D eigenvalue weighted by Crippen LogP contribution is -2.30. The van der Waals surface area contributed by atoms with E-state index in [2.05, 4.69) is 25.9 Å². The minimum Gasteiger partial charge on any atom is -0.461 e. The van der Waals surface area contributed by atoms with E-state index in [1.165, 1.54) is 12.3 Å². The van der Waals surface area contributed by atoms with Crippen molar-refractivity contribution >= 4 is 28.0 Å². The number of carbonyl (C=O) groups excluding carboxylic acids is 2. The van der Waals surface area contributed by atoms with Crippen LogP contribution in [0.4, 0.5) is 9.18 Å². The Morgan fingerprint density at radius 1 is 1.15 bits per heavy atom. The first-order valence-corrected chi connectivity index (χ1v) is 11.7. The number of rotatable bonds is 4. The van der Waals surface area contributed by atoms with E-state index in [-0.39, 0.29) is 29.4 Å². The number of aryl methyl sites for hydroxylation is 1. The monoisotopic (exact) mass is 533 g/mol. The summed E-state index contributed by atoms with van der Waals surface area (Å²) < 4.78 is 27.2. The molecule has 0 radical (unpaired) electrons. The van der Waals surface area contributed by atoms with Gasteiger partial charge in [0.2, 0.25) is 0 Å². The van der Waals surface area contributed by atoms with E-state index < -0.39 is 23.5 Å². The highest BCUT2D eigenvalue weighted by Crippen LogP contribution is 2.34. The van der Waals surface area contributed by atoms with Crippen LogP contribution in [0.25, 0.3) is 22.6 Å². The predicted molar refractivity (Wildman–Crippen MR) is 132 cm³/mol. The molecule has 3 rings (SSSR count). The Hall–Kier alpha value is -3.07. The molecule has 0 saturated heterocycles. The first-order valence-electron chi connectivity index (χ1n) is 10.9. The predicted octanol–water partition coefficient (Wildman–Crippen LogP) is 6.81. The maximum Gasteiger partial charge on any atom is 0.421 e. The van der Waals surface area contributed by atoms with E-state index in [4.69, 9.17) is 9.47 Å². The van der Waals surface area contributed by atoms with Gasteiger partial charge in [-0.15, -0.1) is 0 Å². The third-order valence-electron chi connectivity index (χ3n) is 4.37. The van der Waals surface area contributed by atoms with Crippen molar-refractivity contribution in [1.29, 1.82) is 0 Å². The van der Waals surface area contributed by atoms with Gasteiger partial charge in [0, 0.05) is 11.8 Å². The minimum absolute atomic E-state index is 0.0594. The molecule has 0 aliphatic rings. The molecule has 0 amide bonds. The molecule has 1 aromatic carbocycles. The normalized spacial score (nSPS) is 10.9. The number of carbonyl (C=O) groups is 2. The molecule has 9 heteroatoms. The number of halogens is 2. The summed E-state index contributed by atoms with van der Waals surface area (Å²) >= 11 is 3.27. The second-order valence-electron chi connectivity index (χ2n) is 7.97. The zero-order chi connectivity index (χ0) is 25.6. The Bertz CT molecular complexity index is 1150. The molecular weight excluding hydrogens is 505 g/mol. The Labute approximate surface area is 207 Å². The fourth-order valence-corrected chi connectivity index (χ4v) is 3.33. The van der Waals surface area contributed by atoms with Gasteiger partial charge in [0.1, 0.15) is 21.7 Å². The highest BCUT2D eigenvalue weighted by atomic mass is 79.9. The second-order valence-corrected chi connectivity index (χ2v) is 8.78. The van der Waals surface area contributed by atoms with Crippen LogP contribution in [0, 0.1) is 12.7 Å². The van der Waals surface area contributed by atoms with E-state index in [0.717, 1.165) is 4.57 Å². The first kappa shape index (κ1) is 27.2. The van der Waals surface area contributed by atoms with Crippen molar-refractivity contribution < 1.29 is 23.5 Å². The van der Waals surface area contributed by atoms with Crippen LogP contribution in [0.1, 0.15) is 57.6 Å². The number of ether oxygens (including phenoxy) is 2. The summed E-state index contributed by atoms with van der Waals surface area (Å²) in [6.07, 6.45) is 0.619. The van der Waals surface area contributed by atoms with Gasteiger partial charge in [-0.25, -0.2) is 28.5 Å². The molecule has 0 aliphatic heterocycles. The summed E-state index contributed by atoms with van der Waals surface area (Å²) in [7, 11) is 0. The van der Waals surface area contributed by atoms with Gasteiger partial charge in [-0.1, -0.05) is 26.0 Å². The zero-order valence-corrected chi connectivity index (χ0v) is 22.0. The van der Waals surface area contributed by atoms with Gasteiger partial charge in [0.05, 0.1) is 12.2 Å². The van der Waals surface area contributed by atoms with Crippen LogP contribution >= 0.6 is 15.9 Å². The zero-order valence-electron chi connectivity index (χ0n) is 20.4. The lowest BCUT2D eigenvalue weighted by atomic mass is 10.1. The van der Waals surface area contributed by atoms with Crippen LogP contribution in [-0.4, -0.2) is 38.8 Å². The van der Waals surface area contributed by atoms with Crippen LogP contribution in [0.15, 0.2) is 41.1 Å². The van der Waals surface area contributed by atoms with E-state index in [1.807, 2.05) is 13.8 Å². The summed E-state index contributed by atoms with van der Waals surface area (Å²) in [6, 6.07) is 7.86. The maximum atomic E-state index is 14.9. The fraction of sp³-hybridized carbons (Fsp3) is 0.360. The Morgan fingerprint density at radius 2 is 1.82 bits per heavy atom. The number of esters is 1. The fourth-order valence-electron chi connectivity index (χ4n) is 3.09. The summed E-state index contributed by atoms with van der Waals surface area (Å²) in [5, 5.41) is 0. The number of pyridine rings is 1. The molecule has 182 valence electrons. The van der Waals surface area contributed by atoms with Gasteiger partial charge in [-0.3, -0.25) is 0 Å². The molecule has 0 N–H and O–H groups in total. The SMILES string of the molecule is CC.CCOC(=O)c1c(-c2ccc(Br)nc2)nc(-c2c(C)cccc2F)n1C(=O)OC(C)(C)C. The molecule has 0 fully saturated rings. The number of nitrogens with zero attached hydrogens (tertiary/aromatic N) is 3. The van der Waals surface area contributed by atoms with Crippen molar-refractivity contribution in [2.45, 2.75) is 54.1 Å². The molecule has 0 saturated carbocycles. The number of hydrogen-bond acceptors (Lipinski definition) is 6. The lowest BCUT2D eigenvalue weighted by molar-refractivity contribution is 0.0452. The van der Waals surface area contributed by atoms with Gasteiger partial charge in [-0.05, 0) is 74.3 Å². The van der Waals surface area contributed by atoms with Gasteiger partial charge >= 0.3 is 12.1 Å². The van der Waals surface area contributed by atoms with Crippen LogP contribution in [0.3, 0.4) is 0 Å². The average Bonchev–Trinajstić information content (AvgIpc) is 3.15. The maximum absolute atomic E-state index is 14.9. The van der Waals surface area contributed by atoms with Gasteiger partial charge in [0.15, 0.2) is 11.5 Å². The van der Waals surface area contributed by atoms with Crippen molar-refractivity contribution in [3.05, 3.63) is 58.2 Å². The molecule has 7 nitrogen and oxygen atoms in total. The first-order chi connectivity index (χ1) is 16.0. The molecule has 2 aromatic heterocycles. The number of aromatic nitrogens is 3. The van der Waals surface area contributed by atoms with E-state index >= 15 is 0 Å². The van der Waals surface area contributed by atoms with Gasteiger partial charge < -0.3 is 9.47 Å². The third kappa shape index (κ3) is 6.08. The smallest absolute Gasteiger partial charge is 0.421 e. The van der Waals surface area contributed by atoms with Gasteiger partial charge in [0.25, 0.3) is 0 Å². The molecule has 2 heterocycles. The van der Waals surface area contributed by atoms with Crippen LogP contribution < -0.4 is 0 Å². The summed E-state index contributed by atoms with van der Waals surface area (Å²) in [5.41, 5.74) is 0.174. The van der Waals surface area contributed by atoms with Crippen molar-refractivity contribution in [1.82, 2.24) is 14.5 Å². The number of imidazole rings is 1. The van der Waals surface area contributed by atoms with Crippen molar-refractivity contribution in [2.24, 2.45) is 0 Å². The van der Waals surface area contributed by atoms with Crippen molar-refractivity contribution in [3.63, 3.8) is 0 Å². The molecule has 0 atom stereocenters. The summed E-state index contributed by atoms with van der Waals surface area (Å²) in [4.78, 5) is 35.0. The van der Waals surface area contributed by atoms with Crippen LogP contribution in [0.5, 0.6) is 0 Å². The topological polar surface area (TPSA) is 83.3 Å². The lowest BCUT2D eigenvalue weighted by Gasteiger charge is -2.21. The molecule has 0 bridgehead atoms. The molecule has 34 heavy (non-hydrogen) atoms. The average molecular weight is 534 g/mol. The largest absolute Gasteiger partial charge is 0.461 e. The minimum atomic E-state index is -0.873. The van der Waals surface area contributed by atoms with Crippen LogP contribution in [0.2, 0.25) is 0 Å². The summed E-state index contributed by atoms with van der Waals surface area (Å²) in [5.74, 6) is -1.43. The Balaban J connectivity index is 0.00000199. The Morgan fingerprint density at radius 3 is 2.35 bits per heavy atom. The quantitative estimate of drug-likeness (QED) is 0.270. The van der Waals surface area contributed by atoms with Gasteiger partial charge in [-0.2, -0.15) is 0 Å². The number of hydrogen-bond donors (Lipinski definition) is 0. The molecule has 0 spiro atoms. The van der Waals surface area contributed by atoms with Crippen LogP contribution in [-0.2, 0) is 9.47 Å². The van der Waals surface area contributed by atoms with E-state index in [9.17, 15) is 14.0 Å². The molecule has 0 unspecified atom stereocenters. The second kappa shape index (κ2) is 11.4. The molecule has 3 aromatic rings. The molecular formula is C25H29BrFN3O4. The van der Waals surface area contributed by atoms with Crippen molar-refractivity contribution in [3.8, 4) is 22.6 Å². The standard InChI is InChI=1S/C23H23BrFN3O4.C2H6/c1-6-31-21(29)19-18(14-10-11-16(24)26-12-14)27-20(17-13(2)8-7-9-15(17)25)28(19)22(30)32-23(3,4)5;1-2/h7-12H,6H2,1-5H3;1-2H3. The number of benzene rings is 1. The highest BCUT2D eigenvalue weighted by molar-refractivity contribution is 9.10. The van der Waals surface area contributed by atoms with E-state index in [0.29, 0.717) is 15.7 Å². The third-order valence-corrected chi connectivity index (χ3v) is 4.84. The van der Waals surface area contributed by atoms with E-state index in [1.54, 1.807) is 58.9 Å². The Kier molecular flexibility index (Phi) is 9.09. The summed E-state index contributed by atoms with van der Waals surface area (Å²) in [6.45, 7) is 12.5.